The average Bonchev–Trinajstić information content (AvgIpc) is 2.52. The third kappa shape index (κ3) is 4.31. The summed E-state index contributed by atoms with van der Waals surface area (Å²) in [6, 6.07) is 14.4. The Labute approximate surface area is 142 Å². The predicted molar refractivity (Wildman–Crippen MR) is 94.8 cm³/mol. The zero-order valence-corrected chi connectivity index (χ0v) is 14.5. The first-order chi connectivity index (χ1) is 11.2. The van der Waals surface area contributed by atoms with Crippen molar-refractivity contribution >= 4 is 5.97 Å². The van der Waals surface area contributed by atoms with Gasteiger partial charge in [0.05, 0.1) is 0 Å². The van der Waals surface area contributed by atoms with Crippen LogP contribution in [0.3, 0.4) is 0 Å². The molecule has 0 spiro atoms. The lowest BCUT2D eigenvalue weighted by Gasteiger charge is -2.21. The highest BCUT2D eigenvalue weighted by molar-refractivity contribution is 5.86. The van der Waals surface area contributed by atoms with Crippen LogP contribution in [0.25, 0.3) is 0 Å². The summed E-state index contributed by atoms with van der Waals surface area (Å²) >= 11 is 0. The Morgan fingerprint density at radius 2 is 1.46 bits per heavy atom. The first-order valence-electron chi connectivity index (χ1n) is 7.96. The van der Waals surface area contributed by atoms with Gasteiger partial charge < -0.3 is 5.11 Å². The first-order valence-corrected chi connectivity index (χ1v) is 7.96. The van der Waals surface area contributed by atoms with Gasteiger partial charge in [-0.25, -0.2) is 9.18 Å². The zero-order chi connectivity index (χ0) is 17.9. The summed E-state index contributed by atoms with van der Waals surface area (Å²) in [4.78, 5) is 11.2. The molecule has 126 valence electrons. The Morgan fingerprint density at radius 1 is 1.00 bits per heavy atom. The number of halogens is 1. The summed E-state index contributed by atoms with van der Waals surface area (Å²) in [5.41, 5.74) is 3.37. The molecule has 1 unspecified atom stereocenters. The molecule has 3 heteroatoms. The maximum absolute atomic E-state index is 13.2. The number of rotatable bonds is 4. The Hall–Kier alpha value is -2.42. The SMILES string of the molecule is C/C(=C\C(c1ccc(F)cc1)c1ccc(C(C)(C)C)cc1)C(=O)O. The fourth-order valence-corrected chi connectivity index (χ4v) is 2.57. The maximum atomic E-state index is 13.2. The lowest BCUT2D eigenvalue weighted by molar-refractivity contribution is -0.132. The third-order valence-corrected chi connectivity index (χ3v) is 4.12. The number of allylic oxidation sites excluding steroid dienone is 1. The summed E-state index contributed by atoms with van der Waals surface area (Å²) in [6.45, 7) is 8.01. The fourth-order valence-electron chi connectivity index (χ4n) is 2.57. The number of carboxylic acid groups (broad SMARTS) is 1. The van der Waals surface area contributed by atoms with Gasteiger partial charge in [0.25, 0.3) is 0 Å². The fraction of sp³-hybridized carbons (Fsp3) is 0.286. The second-order valence-corrected chi connectivity index (χ2v) is 7.06. The van der Waals surface area contributed by atoms with Crippen LogP contribution >= 0.6 is 0 Å². The number of carbonyl (C=O) groups is 1. The minimum Gasteiger partial charge on any atom is -0.478 e. The molecule has 0 saturated carbocycles. The van der Waals surface area contributed by atoms with Gasteiger partial charge in [0.2, 0.25) is 0 Å². The number of hydrogen-bond donors (Lipinski definition) is 1. The Kier molecular flexibility index (Phi) is 5.23. The summed E-state index contributed by atoms with van der Waals surface area (Å²) in [6.07, 6.45) is 1.71. The van der Waals surface area contributed by atoms with E-state index >= 15 is 0 Å². The van der Waals surface area contributed by atoms with E-state index in [2.05, 4.69) is 32.9 Å². The van der Waals surface area contributed by atoms with Gasteiger partial charge in [0, 0.05) is 11.5 Å². The summed E-state index contributed by atoms with van der Waals surface area (Å²) in [7, 11) is 0. The average molecular weight is 326 g/mol. The molecule has 2 aromatic carbocycles. The van der Waals surface area contributed by atoms with Gasteiger partial charge in [0.15, 0.2) is 0 Å². The molecule has 2 aromatic rings. The molecule has 0 aliphatic heterocycles. The van der Waals surface area contributed by atoms with Crippen molar-refractivity contribution in [3.8, 4) is 0 Å². The quantitative estimate of drug-likeness (QED) is 0.776. The van der Waals surface area contributed by atoms with Gasteiger partial charge >= 0.3 is 5.97 Å². The Bertz CT molecular complexity index is 735. The van der Waals surface area contributed by atoms with Gasteiger partial charge in [-0.3, -0.25) is 0 Å². The van der Waals surface area contributed by atoms with E-state index in [-0.39, 0.29) is 22.7 Å². The topological polar surface area (TPSA) is 37.3 Å². The highest BCUT2D eigenvalue weighted by atomic mass is 19.1. The number of benzene rings is 2. The molecule has 2 rings (SSSR count). The molecule has 0 aliphatic rings. The molecule has 2 nitrogen and oxygen atoms in total. The predicted octanol–water partition coefficient (Wildman–Crippen LogP) is 5.29. The van der Waals surface area contributed by atoms with E-state index in [9.17, 15) is 14.3 Å². The molecule has 0 fully saturated rings. The van der Waals surface area contributed by atoms with Crippen molar-refractivity contribution in [3.63, 3.8) is 0 Å². The zero-order valence-electron chi connectivity index (χ0n) is 14.5. The molecular formula is C21H23FO2. The van der Waals surface area contributed by atoms with Crippen LogP contribution in [-0.4, -0.2) is 11.1 Å². The Balaban J connectivity index is 2.48. The lowest BCUT2D eigenvalue weighted by atomic mass is 9.84. The van der Waals surface area contributed by atoms with Crippen LogP contribution in [0.1, 0.15) is 50.3 Å². The molecule has 0 amide bonds. The number of hydrogen-bond acceptors (Lipinski definition) is 1. The molecule has 0 aromatic heterocycles. The van der Waals surface area contributed by atoms with E-state index < -0.39 is 5.97 Å². The summed E-state index contributed by atoms with van der Waals surface area (Å²) in [5.74, 6) is -1.48. The molecule has 0 aliphatic carbocycles. The highest BCUT2D eigenvalue weighted by Crippen LogP contribution is 2.30. The molecule has 0 heterocycles. The summed E-state index contributed by atoms with van der Waals surface area (Å²) < 4.78 is 13.2. The van der Waals surface area contributed by atoms with Gasteiger partial charge in [-0.2, -0.15) is 0 Å². The largest absolute Gasteiger partial charge is 0.478 e. The smallest absolute Gasteiger partial charge is 0.330 e. The van der Waals surface area contributed by atoms with Crippen LogP contribution < -0.4 is 0 Å². The second kappa shape index (κ2) is 7.00. The van der Waals surface area contributed by atoms with Gasteiger partial charge in [0.1, 0.15) is 5.82 Å². The molecule has 0 radical (unpaired) electrons. The molecule has 0 saturated heterocycles. The van der Waals surface area contributed by atoms with Crippen molar-refractivity contribution in [2.45, 2.75) is 39.0 Å². The van der Waals surface area contributed by atoms with Gasteiger partial charge in [-0.05, 0) is 41.2 Å². The summed E-state index contributed by atoms with van der Waals surface area (Å²) in [5, 5.41) is 9.19. The lowest BCUT2D eigenvalue weighted by Crippen LogP contribution is -2.11. The van der Waals surface area contributed by atoms with Crippen molar-refractivity contribution in [2.24, 2.45) is 0 Å². The Morgan fingerprint density at radius 3 is 1.88 bits per heavy atom. The standard InChI is InChI=1S/C21H23FO2/c1-14(20(23)24)13-19(16-7-11-18(22)12-8-16)15-5-9-17(10-6-15)21(2,3)4/h5-13,19H,1-4H3,(H,23,24)/b14-13+. The highest BCUT2D eigenvalue weighted by Gasteiger charge is 2.17. The van der Waals surface area contributed by atoms with Crippen LogP contribution in [0.15, 0.2) is 60.2 Å². The molecule has 0 bridgehead atoms. The van der Waals surface area contributed by atoms with Crippen molar-refractivity contribution in [1.82, 2.24) is 0 Å². The van der Waals surface area contributed by atoms with E-state index in [0.29, 0.717) is 0 Å². The first kappa shape index (κ1) is 17.9. The molecular weight excluding hydrogens is 303 g/mol. The van der Waals surface area contributed by atoms with Crippen molar-refractivity contribution in [1.29, 1.82) is 0 Å². The maximum Gasteiger partial charge on any atom is 0.330 e. The van der Waals surface area contributed by atoms with Crippen molar-refractivity contribution in [3.05, 3.63) is 82.7 Å². The van der Waals surface area contributed by atoms with Gasteiger partial charge in [-0.1, -0.05) is 63.2 Å². The minimum atomic E-state index is -0.951. The van der Waals surface area contributed by atoms with Crippen LogP contribution in [0.2, 0.25) is 0 Å². The van der Waals surface area contributed by atoms with Gasteiger partial charge in [-0.15, -0.1) is 0 Å². The molecule has 1 atom stereocenters. The van der Waals surface area contributed by atoms with Crippen molar-refractivity contribution < 1.29 is 14.3 Å². The van der Waals surface area contributed by atoms with E-state index in [1.807, 2.05) is 12.1 Å². The second-order valence-electron chi connectivity index (χ2n) is 7.06. The van der Waals surface area contributed by atoms with Crippen molar-refractivity contribution in [2.75, 3.05) is 0 Å². The van der Waals surface area contributed by atoms with Crippen LogP contribution in [-0.2, 0) is 10.2 Å². The van der Waals surface area contributed by atoms with E-state index in [1.165, 1.54) is 17.7 Å². The number of carboxylic acids is 1. The normalized spacial score (nSPS) is 13.6. The third-order valence-electron chi connectivity index (χ3n) is 4.12. The van der Waals surface area contributed by atoms with E-state index in [0.717, 1.165) is 11.1 Å². The molecule has 24 heavy (non-hydrogen) atoms. The van der Waals surface area contributed by atoms with Crippen LogP contribution in [0.5, 0.6) is 0 Å². The van der Waals surface area contributed by atoms with E-state index in [1.54, 1.807) is 25.1 Å². The van der Waals surface area contributed by atoms with Crippen LogP contribution in [0, 0.1) is 5.82 Å². The number of aliphatic carboxylic acids is 1. The van der Waals surface area contributed by atoms with Crippen LogP contribution in [0.4, 0.5) is 4.39 Å². The van der Waals surface area contributed by atoms with E-state index in [4.69, 9.17) is 0 Å². The monoisotopic (exact) mass is 326 g/mol. The minimum absolute atomic E-state index is 0.0523. The molecule has 1 N–H and O–H groups in total.